The van der Waals surface area contributed by atoms with Crippen LogP contribution in [-0.4, -0.2) is 30.3 Å². The van der Waals surface area contributed by atoms with Crippen LogP contribution >= 0.6 is 0 Å². The van der Waals surface area contributed by atoms with Crippen LogP contribution in [0.4, 0.5) is 5.69 Å². The molecule has 2 bridgehead atoms. The lowest BCUT2D eigenvalue weighted by atomic mass is 9.93. The van der Waals surface area contributed by atoms with E-state index in [0.29, 0.717) is 18.4 Å². The Morgan fingerprint density at radius 2 is 2.20 bits per heavy atom. The maximum absolute atomic E-state index is 11.3. The van der Waals surface area contributed by atoms with E-state index in [4.69, 9.17) is 4.74 Å². The van der Waals surface area contributed by atoms with Crippen molar-refractivity contribution in [3.05, 3.63) is 23.8 Å². The normalized spacial score (nSPS) is 31.0. The SMILES string of the molecule is O=C(O)c1cccc2c1OCCN2C1CC2CCC1C2. The molecular weight excluding hydrogens is 254 g/mol. The third-order valence-electron chi connectivity index (χ3n) is 5.21. The Labute approximate surface area is 118 Å². The first-order chi connectivity index (χ1) is 9.74. The zero-order chi connectivity index (χ0) is 13.7. The Hall–Kier alpha value is -1.71. The highest BCUT2D eigenvalue weighted by atomic mass is 16.5. The molecule has 2 fully saturated rings. The molecule has 0 aromatic heterocycles. The molecule has 3 unspecified atom stereocenters. The molecule has 2 saturated carbocycles. The molecule has 0 spiro atoms. The van der Waals surface area contributed by atoms with Gasteiger partial charge in [0.1, 0.15) is 12.2 Å². The molecule has 3 atom stereocenters. The van der Waals surface area contributed by atoms with E-state index in [0.717, 1.165) is 24.1 Å². The highest BCUT2D eigenvalue weighted by Crippen LogP contribution is 2.49. The van der Waals surface area contributed by atoms with E-state index in [2.05, 4.69) is 4.90 Å². The van der Waals surface area contributed by atoms with Crippen LogP contribution < -0.4 is 9.64 Å². The van der Waals surface area contributed by atoms with Crippen molar-refractivity contribution in [2.75, 3.05) is 18.1 Å². The molecule has 0 amide bonds. The molecule has 20 heavy (non-hydrogen) atoms. The highest BCUT2D eigenvalue weighted by Gasteiger charge is 2.43. The molecule has 0 saturated heterocycles. The van der Waals surface area contributed by atoms with Crippen molar-refractivity contribution in [1.29, 1.82) is 0 Å². The van der Waals surface area contributed by atoms with Crippen molar-refractivity contribution in [2.45, 2.75) is 31.7 Å². The van der Waals surface area contributed by atoms with Gasteiger partial charge in [0.2, 0.25) is 0 Å². The number of rotatable bonds is 2. The van der Waals surface area contributed by atoms with Gasteiger partial charge in [-0.3, -0.25) is 0 Å². The second-order valence-corrected chi connectivity index (χ2v) is 6.24. The summed E-state index contributed by atoms with van der Waals surface area (Å²) in [6.07, 6.45) is 5.34. The first-order valence-corrected chi connectivity index (χ1v) is 7.50. The van der Waals surface area contributed by atoms with Crippen LogP contribution in [0.5, 0.6) is 5.75 Å². The predicted molar refractivity (Wildman–Crippen MR) is 75.5 cm³/mol. The molecule has 0 radical (unpaired) electrons. The average molecular weight is 273 g/mol. The van der Waals surface area contributed by atoms with Crippen molar-refractivity contribution in [3.8, 4) is 5.75 Å². The number of carbonyl (C=O) groups is 1. The Bertz CT molecular complexity index is 557. The van der Waals surface area contributed by atoms with Crippen molar-refractivity contribution in [1.82, 2.24) is 0 Å². The Morgan fingerprint density at radius 3 is 2.90 bits per heavy atom. The van der Waals surface area contributed by atoms with Crippen molar-refractivity contribution >= 4 is 11.7 Å². The Morgan fingerprint density at radius 1 is 1.30 bits per heavy atom. The van der Waals surface area contributed by atoms with Gasteiger partial charge < -0.3 is 14.7 Å². The van der Waals surface area contributed by atoms with Gasteiger partial charge in [0, 0.05) is 6.04 Å². The van der Waals surface area contributed by atoms with Gasteiger partial charge in [0.15, 0.2) is 5.75 Å². The molecule has 4 heteroatoms. The monoisotopic (exact) mass is 273 g/mol. The number of fused-ring (bicyclic) bond motifs is 3. The van der Waals surface area contributed by atoms with E-state index in [-0.39, 0.29) is 5.56 Å². The molecule has 3 aliphatic rings. The van der Waals surface area contributed by atoms with Crippen LogP contribution in [0.2, 0.25) is 0 Å². The molecular formula is C16H19NO3. The number of aromatic carboxylic acids is 1. The largest absolute Gasteiger partial charge is 0.489 e. The number of para-hydroxylation sites is 1. The van der Waals surface area contributed by atoms with Crippen LogP contribution in [-0.2, 0) is 0 Å². The summed E-state index contributed by atoms with van der Waals surface area (Å²) in [4.78, 5) is 13.7. The van der Waals surface area contributed by atoms with Crippen LogP contribution in [0, 0.1) is 11.8 Å². The van der Waals surface area contributed by atoms with E-state index in [1.165, 1.54) is 25.7 Å². The van der Waals surface area contributed by atoms with Crippen molar-refractivity contribution in [2.24, 2.45) is 11.8 Å². The van der Waals surface area contributed by atoms with Gasteiger partial charge in [-0.25, -0.2) is 4.79 Å². The average Bonchev–Trinajstić information content (AvgIpc) is 3.08. The van der Waals surface area contributed by atoms with Gasteiger partial charge in [0.25, 0.3) is 0 Å². The maximum Gasteiger partial charge on any atom is 0.339 e. The van der Waals surface area contributed by atoms with E-state index < -0.39 is 5.97 Å². The Kier molecular flexibility index (Phi) is 2.65. The standard InChI is InChI=1S/C16H19NO3/c18-16(19)12-2-1-3-13-15(12)20-7-6-17(13)14-9-10-4-5-11(14)8-10/h1-3,10-11,14H,4-9H2,(H,18,19). The quantitative estimate of drug-likeness (QED) is 0.900. The number of hydrogen-bond donors (Lipinski definition) is 1. The van der Waals surface area contributed by atoms with E-state index in [1.807, 2.05) is 12.1 Å². The summed E-state index contributed by atoms with van der Waals surface area (Å²) < 4.78 is 5.66. The van der Waals surface area contributed by atoms with Crippen LogP contribution in [0.25, 0.3) is 0 Å². The number of carboxylic acids is 1. The van der Waals surface area contributed by atoms with Crippen molar-refractivity contribution < 1.29 is 14.6 Å². The zero-order valence-corrected chi connectivity index (χ0v) is 11.4. The van der Waals surface area contributed by atoms with Gasteiger partial charge >= 0.3 is 5.97 Å². The first kappa shape index (κ1) is 12.1. The van der Waals surface area contributed by atoms with Crippen molar-refractivity contribution in [3.63, 3.8) is 0 Å². The number of ether oxygens (including phenoxy) is 1. The lowest BCUT2D eigenvalue weighted by Crippen LogP contribution is -2.44. The lowest BCUT2D eigenvalue weighted by molar-refractivity contribution is 0.0691. The third-order valence-corrected chi connectivity index (χ3v) is 5.21. The fourth-order valence-electron chi connectivity index (χ4n) is 4.37. The minimum atomic E-state index is -0.906. The Balaban J connectivity index is 1.72. The van der Waals surface area contributed by atoms with E-state index >= 15 is 0 Å². The van der Waals surface area contributed by atoms with Gasteiger partial charge in [-0.05, 0) is 43.2 Å². The van der Waals surface area contributed by atoms with Crippen LogP contribution in [0.15, 0.2) is 18.2 Å². The summed E-state index contributed by atoms with van der Waals surface area (Å²) >= 11 is 0. The molecule has 1 aromatic rings. The molecule has 106 valence electrons. The fourth-order valence-corrected chi connectivity index (χ4v) is 4.37. The molecule has 1 aliphatic heterocycles. The number of carboxylic acid groups (broad SMARTS) is 1. The topological polar surface area (TPSA) is 49.8 Å². The molecule has 4 nitrogen and oxygen atoms in total. The minimum Gasteiger partial charge on any atom is -0.489 e. The summed E-state index contributed by atoms with van der Waals surface area (Å²) in [6.45, 7) is 1.47. The summed E-state index contributed by atoms with van der Waals surface area (Å²) in [5, 5.41) is 9.30. The molecule has 2 aliphatic carbocycles. The zero-order valence-electron chi connectivity index (χ0n) is 11.4. The first-order valence-electron chi connectivity index (χ1n) is 7.50. The maximum atomic E-state index is 11.3. The van der Waals surface area contributed by atoms with Gasteiger partial charge in [0.05, 0.1) is 12.2 Å². The second kappa shape index (κ2) is 4.40. The van der Waals surface area contributed by atoms with Crippen LogP contribution in [0.3, 0.4) is 0 Å². The summed E-state index contributed by atoms with van der Waals surface area (Å²) in [5.41, 5.74) is 1.27. The fraction of sp³-hybridized carbons (Fsp3) is 0.562. The van der Waals surface area contributed by atoms with E-state index in [1.54, 1.807) is 6.07 Å². The second-order valence-electron chi connectivity index (χ2n) is 6.24. The summed E-state index contributed by atoms with van der Waals surface area (Å²) in [5.74, 6) is 1.34. The number of anilines is 1. The minimum absolute atomic E-state index is 0.287. The number of benzene rings is 1. The van der Waals surface area contributed by atoms with Gasteiger partial charge in [-0.15, -0.1) is 0 Å². The summed E-state index contributed by atoms with van der Waals surface area (Å²) in [6, 6.07) is 6.05. The van der Waals surface area contributed by atoms with Gasteiger partial charge in [-0.2, -0.15) is 0 Å². The highest BCUT2D eigenvalue weighted by molar-refractivity contribution is 5.93. The predicted octanol–water partition coefficient (Wildman–Crippen LogP) is 2.77. The molecule has 4 rings (SSSR count). The summed E-state index contributed by atoms with van der Waals surface area (Å²) in [7, 11) is 0. The molecule has 1 heterocycles. The van der Waals surface area contributed by atoms with Crippen LogP contribution in [0.1, 0.15) is 36.0 Å². The molecule has 1 aromatic carbocycles. The molecule has 1 N–H and O–H groups in total. The smallest absolute Gasteiger partial charge is 0.339 e. The third kappa shape index (κ3) is 1.70. The lowest BCUT2D eigenvalue weighted by Gasteiger charge is -2.40. The van der Waals surface area contributed by atoms with Gasteiger partial charge in [-0.1, -0.05) is 12.5 Å². The number of nitrogens with zero attached hydrogens (tertiary/aromatic N) is 1. The van der Waals surface area contributed by atoms with E-state index in [9.17, 15) is 9.90 Å². The number of hydrogen-bond acceptors (Lipinski definition) is 3.